The molecule has 1 aromatic heterocycles. The van der Waals surface area contributed by atoms with Crippen molar-refractivity contribution in [1.29, 1.82) is 0 Å². The van der Waals surface area contributed by atoms with Gasteiger partial charge >= 0.3 is 0 Å². The largest absolute Gasteiger partial charge is 0.363 e. The van der Waals surface area contributed by atoms with Gasteiger partial charge in [-0.1, -0.05) is 29.3 Å². The number of piperidine rings is 1. The number of carbonyl (C=O) groups excluding carboxylic acids is 3. The zero-order chi connectivity index (χ0) is 23.4. The summed E-state index contributed by atoms with van der Waals surface area (Å²) in [6.07, 6.45) is 0.544. The minimum atomic E-state index is -0.653. The maximum absolute atomic E-state index is 13.0. The van der Waals surface area contributed by atoms with Crippen molar-refractivity contribution in [2.45, 2.75) is 25.4 Å². The predicted octanol–water partition coefficient (Wildman–Crippen LogP) is 4.04. The van der Waals surface area contributed by atoms with Gasteiger partial charge in [-0.3, -0.25) is 19.7 Å². The van der Waals surface area contributed by atoms with Crippen LogP contribution in [0.25, 0.3) is 22.0 Å². The molecular formula is C24H20Cl2N4O3. The van der Waals surface area contributed by atoms with E-state index in [0.717, 1.165) is 27.7 Å². The van der Waals surface area contributed by atoms with Crippen LogP contribution in [0.2, 0.25) is 10.0 Å². The number of fused-ring (bicyclic) bond motifs is 2. The number of aromatic nitrogens is 1. The number of pyridine rings is 1. The molecule has 1 fully saturated rings. The molecule has 0 bridgehead atoms. The van der Waals surface area contributed by atoms with Crippen LogP contribution < -0.4 is 10.2 Å². The van der Waals surface area contributed by atoms with Crippen molar-refractivity contribution in [3.8, 4) is 11.3 Å². The summed E-state index contributed by atoms with van der Waals surface area (Å²) in [6.45, 7) is 0.293. The second-order valence-electron chi connectivity index (χ2n) is 8.48. The summed E-state index contributed by atoms with van der Waals surface area (Å²) in [5, 5.41) is 5.01. The van der Waals surface area contributed by atoms with E-state index in [2.05, 4.69) is 5.32 Å². The summed E-state index contributed by atoms with van der Waals surface area (Å²) in [5.41, 5.74) is 2.88. The molecule has 3 amide bonds. The average molecular weight is 483 g/mol. The fourth-order valence-corrected chi connectivity index (χ4v) is 4.98. The number of nitrogens with zero attached hydrogens (tertiary/aromatic N) is 3. The van der Waals surface area contributed by atoms with Gasteiger partial charge in [-0.15, -0.1) is 0 Å². The quantitative estimate of drug-likeness (QED) is 0.569. The van der Waals surface area contributed by atoms with Crippen LogP contribution in [0.1, 0.15) is 28.8 Å². The summed E-state index contributed by atoms with van der Waals surface area (Å²) in [7, 11) is 3.81. The molecule has 0 saturated carbocycles. The van der Waals surface area contributed by atoms with Crippen molar-refractivity contribution in [3.63, 3.8) is 0 Å². The van der Waals surface area contributed by atoms with Gasteiger partial charge in [0.15, 0.2) is 0 Å². The smallest absolute Gasteiger partial charge is 0.255 e. The van der Waals surface area contributed by atoms with Gasteiger partial charge in [0.1, 0.15) is 11.9 Å². The Morgan fingerprint density at radius 2 is 1.85 bits per heavy atom. The predicted molar refractivity (Wildman–Crippen MR) is 128 cm³/mol. The summed E-state index contributed by atoms with van der Waals surface area (Å²) in [5.74, 6) is -0.206. The fourth-order valence-electron chi connectivity index (χ4n) is 4.43. The van der Waals surface area contributed by atoms with E-state index in [1.165, 1.54) is 4.90 Å². The van der Waals surface area contributed by atoms with E-state index in [1.54, 1.807) is 12.1 Å². The molecule has 9 heteroatoms. The first kappa shape index (κ1) is 21.7. The number of hydrogen-bond acceptors (Lipinski definition) is 5. The minimum absolute atomic E-state index is 0.211. The first-order valence-corrected chi connectivity index (χ1v) is 11.2. The van der Waals surface area contributed by atoms with Gasteiger partial charge in [-0.25, -0.2) is 4.98 Å². The van der Waals surface area contributed by atoms with E-state index in [4.69, 9.17) is 28.2 Å². The molecule has 1 atom stereocenters. The molecule has 3 heterocycles. The number of benzene rings is 2. The lowest BCUT2D eigenvalue weighted by molar-refractivity contribution is -0.136. The van der Waals surface area contributed by atoms with E-state index in [9.17, 15) is 14.4 Å². The zero-order valence-electron chi connectivity index (χ0n) is 18.0. The van der Waals surface area contributed by atoms with Gasteiger partial charge in [0.25, 0.3) is 5.91 Å². The average Bonchev–Trinajstić information content (AvgIpc) is 3.08. The summed E-state index contributed by atoms with van der Waals surface area (Å²) >= 11 is 12.8. The normalized spacial score (nSPS) is 18.0. The molecule has 2 aliphatic rings. The van der Waals surface area contributed by atoms with Crippen LogP contribution in [0.3, 0.4) is 0 Å². The van der Waals surface area contributed by atoms with Gasteiger partial charge in [0.05, 0.1) is 10.7 Å². The van der Waals surface area contributed by atoms with Crippen LogP contribution in [0.5, 0.6) is 0 Å². The lowest BCUT2D eigenvalue weighted by atomic mass is 9.99. The highest BCUT2D eigenvalue weighted by atomic mass is 35.5. The van der Waals surface area contributed by atoms with Crippen molar-refractivity contribution in [2.75, 3.05) is 19.0 Å². The maximum Gasteiger partial charge on any atom is 0.255 e. The molecule has 3 aromatic rings. The number of rotatable bonds is 3. The molecule has 5 rings (SSSR count). The van der Waals surface area contributed by atoms with E-state index in [-0.39, 0.29) is 18.2 Å². The molecule has 168 valence electrons. The minimum Gasteiger partial charge on any atom is -0.363 e. The molecule has 2 aromatic carbocycles. The number of carbonyl (C=O) groups is 3. The number of amides is 3. The Morgan fingerprint density at radius 3 is 2.58 bits per heavy atom. The van der Waals surface area contributed by atoms with E-state index >= 15 is 0 Å². The maximum atomic E-state index is 13.0. The van der Waals surface area contributed by atoms with Crippen molar-refractivity contribution < 1.29 is 14.4 Å². The Kier molecular flexibility index (Phi) is 5.26. The number of anilines is 1. The van der Waals surface area contributed by atoms with Crippen LogP contribution in [-0.4, -0.2) is 47.7 Å². The number of halogens is 2. The number of hydrogen-bond donors (Lipinski definition) is 1. The Bertz CT molecular complexity index is 1360. The van der Waals surface area contributed by atoms with Crippen molar-refractivity contribution >= 4 is 57.5 Å². The third kappa shape index (κ3) is 3.71. The van der Waals surface area contributed by atoms with E-state index in [0.29, 0.717) is 34.3 Å². The Labute approximate surface area is 200 Å². The summed E-state index contributed by atoms with van der Waals surface area (Å²) < 4.78 is 0. The standard InChI is InChI=1S/C24H20Cl2N4O3/c1-29(2)20-10-16-17(8-14(25)9-18(16)26)22(27-20)12-3-4-15-13(7-12)11-30(24(15)33)19-5-6-21(31)28-23(19)32/h3-4,7-10,19H,5-6,11H2,1-2H3,(H,28,31,32). The molecular weight excluding hydrogens is 463 g/mol. The molecule has 1 N–H and O–H groups in total. The van der Waals surface area contributed by atoms with Crippen molar-refractivity contribution in [2.24, 2.45) is 0 Å². The van der Waals surface area contributed by atoms with Crippen LogP contribution >= 0.6 is 23.2 Å². The molecule has 2 aliphatic heterocycles. The Hall–Kier alpha value is -3.16. The van der Waals surface area contributed by atoms with Crippen LogP contribution in [0, 0.1) is 0 Å². The van der Waals surface area contributed by atoms with Gasteiger partial charge in [-0.05, 0) is 42.3 Å². The Balaban J connectivity index is 1.58. The van der Waals surface area contributed by atoms with Gasteiger partial charge in [0.2, 0.25) is 11.8 Å². The highest BCUT2D eigenvalue weighted by molar-refractivity contribution is 6.39. The molecule has 33 heavy (non-hydrogen) atoms. The molecule has 0 spiro atoms. The number of nitrogens with one attached hydrogen (secondary N) is 1. The number of imide groups is 1. The van der Waals surface area contributed by atoms with Crippen LogP contribution in [-0.2, 0) is 16.1 Å². The third-order valence-corrected chi connectivity index (χ3v) is 6.64. The summed E-state index contributed by atoms with van der Waals surface area (Å²) in [6, 6.07) is 10.3. The second-order valence-corrected chi connectivity index (χ2v) is 9.32. The Morgan fingerprint density at radius 1 is 1.06 bits per heavy atom. The van der Waals surface area contributed by atoms with Gasteiger partial charge in [-0.2, -0.15) is 0 Å². The third-order valence-electron chi connectivity index (χ3n) is 6.10. The van der Waals surface area contributed by atoms with Crippen molar-refractivity contribution in [1.82, 2.24) is 15.2 Å². The van der Waals surface area contributed by atoms with Crippen molar-refractivity contribution in [3.05, 3.63) is 57.6 Å². The first-order valence-electron chi connectivity index (χ1n) is 10.5. The molecule has 7 nitrogen and oxygen atoms in total. The highest BCUT2D eigenvalue weighted by Gasteiger charge is 2.39. The topological polar surface area (TPSA) is 82.6 Å². The van der Waals surface area contributed by atoms with Gasteiger partial charge in [0, 0.05) is 54.0 Å². The fraction of sp³-hybridized carbons (Fsp3) is 0.250. The lowest BCUT2D eigenvalue weighted by Gasteiger charge is -2.29. The lowest BCUT2D eigenvalue weighted by Crippen LogP contribution is -2.52. The van der Waals surface area contributed by atoms with Gasteiger partial charge < -0.3 is 9.80 Å². The van der Waals surface area contributed by atoms with Crippen LogP contribution in [0.15, 0.2) is 36.4 Å². The molecule has 0 aliphatic carbocycles. The van der Waals surface area contributed by atoms with E-state index < -0.39 is 11.9 Å². The zero-order valence-corrected chi connectivity index (χ0v) is 19.5. The molecule has 1 saturated heterocycles. The first-order chi connectivity index (χ1) is 15.7. The van der Waals surface area contributed by atoms with E-state index in [1.807, 2.05) is 43.3 Å². The molecule has 0 radical (unpaired) electrons. The SMILES string of the molecule is CN(C)c1cc2c(Cl)cc(Cl)cc2c(-c2ccc3c(c2)CN(C2CCC(=O)NC2=O)C3=O)n1. The summed E-state index contributed by atoms with van der Waals surface area (Å²) in [4.78, 5) is 45.1. The molecule has 1 unspecified atom stereocenters. The highest BCUT2D eigenvalue weighted by Crippen LogP contribution is 2.38. The second kappa shape index (κ2) is 8.01. The van der Waals surface area contributed by atoms with Crippen LogP contribution in [0.4, 0.5) is 5.82 Å². The monoisotopic (exact) mass is 482 g/mol.